The Morgan fingerprint density at radius 1 is 1.00 bits per heavy atom. The molecule has 6 nitrogen and oxygen atoms in total. The van der Waals surface area contributed by atoms with Crippen molar-refractivity contribution in [2.45, 2.75) is 45.8 Å². The molecule has 0 bridgehead atoms. The molecule has 0 saturated heterocycles. The molecule has 182 valence electrons. The van der Waals surface area contributed by atoms with Crippen LogP contribution in [0.3, 0.4) is 0 Å². The first-order valence-corrected chi connectivity index (χ1v) is 12.3. The van der Waals surface area contributed by atoms with E-state index in [1.54, 1.807) is 31.2 Å². The Hall–Kier alpha value is -3.09. The molecule has 0 unspecified atom stereocenters. The van der Waals surface area contributed by atoms with Crippen molar-refractivity contribution in [1.82, 2.24) is 10.2 Å². The second-order valence-corrected chi connectivity index (χ2v) is 9.60. The molecule has 2 atom stereocenters. The molecular weight excluding hydrogens is 485 g/mol. The molecule has 1 aliphatic heterocycles. The van der Waals surface area contributed by atoms with E-state index in [0.29, 0.717) is 26.9 Å². The Labute approximate surface area is 214 Å². The van der Waals surface area contributed by atoms with E-state index in [0.717, 1.165) is 17.2 Å². The van der Waals surface area contributed by atoms with Crippen molar-refractivity contribution in [3.63, 3.8) is 0 Å². The number of amides is 3. The summed E-state index contributed by atoms with van der Waals surface area (Å²) >= 11 is 12.8. The minimum absolute atomic E-state index is 0.0333. The zero-order chi connectivity index (χ0) is 25.3. The lowest BCUT2D eigenvalue weighted by Crippen LogP contribution is -2.52. The SMILES string of the molecule is CC[C@H](C)NC(=O)[C@@H](C)N(Cc1c(Cl)cccc1Cl)C(=O)CN1C(=O)c2cccc3cccc1c23. The quantitative estimate of drug-likeness (QED) is 0.437. The van der Waals surface area contributed by atoms with Gasteiger partial charge in [-0.25, -0.2) is 0 Å². The molecule has 0 spiro atoms. The van der Waals surface area contributed by atoms with Gasteiger partial charge in [0.1, 0.15) is 12.6 Å². The monoisotopic (exact) mass is 511 g/mol. The molecule has 1 aliphatic rings. The number of rotatable bonds is 8. The van der Waals surface area contributed by atoms with Gasteiger partial charge in [0.2, 0.25) is 11.8 Å². The van der Waals surface area contributed by atoms with Crippen molar-refractivity contribution >= 4 is 57.4 Å². The first kappa shape index (κ1) is 25.0. The fourth-order valence-corrected chi connectivity index (χ4v) is 4.78. The van der Waals surface area contributed by atoms with Crippen LogP contribution >= 0.6 is 23.2 Å². The van der Waals surface area contributed by atoms with Crippen molar-refractivity contribution < 1.29 is 14.4 Å². The highest BCUT2D eigenvalue weighted by molar-refractivity contribution is 6.36. The molecule has 0 aromatic heterocycles. The maximum atomic E-state index is 13.7. The molecule has 3 amide bonds. The van der Waals surface area contributed by atoms with Crippen LogP contribution in [0.4, 0.5) is 5.69 Å². The van der Waals surface area contributed by atoms with E-state index < -0.39 is 6.04 Å². The van der Waals surface area contributed by atoms with Gasteiger partial charge in [0, 0.05) is 39.1 Å². The lowest BCUT2D eigenvalue weighted by atomic mass is 10.1. The van der Waals surface area contributed by atoms with Crippen molar-refractivity contribution in [2.24, 2.45) is 0 Å². The lowest BCUT2D eigenvalue weighted by Gasteiger charge is -2.31. The second kappa shape index (κ2) is 10.3. The topological polar surface area (TPSA) is 69.7 Å². The molecule has 35 heavy (non-hydrogen) atoms. The fraction of sp³-hybridized carbons (Fsp3) is 0.296. The zero-order valence-corrected chi connectivity index (χ0v) is 21.4. The van der Waals surface area contributed by atoms with Gasteiger partial charge in [-0.1, -0.05) is 60.5 Å². The largest absolute Gasteiger partial charge is 0.352 e. The van der Waals surface area contributed by atoms with Gasteiger partial charge in [0.05, 0.1) is 5.69 Å². The molecule has 0 radical (unpaired) electrons. The summed E-state index contributed by atoms with van der Waals surface area (Å²) in [6.45, 7) is 5.37. The van der Waals surface area contributed by atoms with Gasteiger partial charge >= 0.3 is 0 Å². The highest BCUT2D eigenvalue weighted by atomic mass is 35.5. The van der Waals surface area contributed by atoms with Crippen molar-refractivity contribution in [3.05, 3.63) is 75.8 Å². The Kier molecular flexibility index (Phi) is 7.33. The summed E-state index contributed by atoms with van der Waals surface area (Å²) in [5.41, 5.74) is 1.79. The smallest absolute Gasteiger partial charge is 0.259 e. The summed E-state index contributed by atoms with van der Waals surface area (Å²) in [7, 11) is 0. The summed E-state index contributed by atoms with van der Waals surface area (Å²) < 4.78 is 0. The van der Waals surface area contributed by atoms with Gasteiger partial charge in [-0.2, -0.15) is 0 Å². The number of hydrogen-bond acceptors (Lipinski definition) is 3. The molecule has 3 aromatic rings. The van der Waals surface area contributed by atoms with Crippen LogP contribution < -0.4 is 10.2 Å². The van der Waals surface area contributed by atoms with Crippen molar-refractivity contribution in [1.29, 1.82) is 0 Å². The van der Waals surface area contributed by atoms with Crippen LogP contribution in [0, 0.1) is 0 Å². The number of anilines is 1. The standard InChI is InChI=1S/C27H27Cl2N3O3/c1-4-16(2)30-26(34)17(3)31(14-20-21(28)11-7-12-22(20)29)24(33)15-32-23-13-6-9-18-8-5-10-19(25(18)23)27(32)35/h5-13,16-17H,4,14-15H2,1-3H3,(H,30,34)/t16-,17+/m0/s1. The second-order valence-electron chi connectivity index (χ2n) is 8.79. The minimum Gasteiger partial charge on any atom is -0.352 e. The normalized spacial score (nSPS) is 14.2. The average molecular weight is 512 g/mol. The molecule has 1 heterocycles. The number of benzene rings is 3. The Balaban J connectivity index is 1.66. The molecule has 0 fully saturated rings. The summed E-state index contributed by atoms with van der Waals surface area (Å²) in [6, 6.07) is 15.4. The summed E-state index contributed by atoms with van der Waals surface area (Å²) in [5, 5.41) is 5.50. The number of hydrogen-bond donors (Lipinski definition) is 1. The summed E-state index contributed by atoms with van der Waals surface area (Å²) in [5.74, 6) is -0.905. The van der Waals surface area contributed by atoms with Crippen molar-refractivity contribution in [3.8, 4) is 0 Å². The first-order chi connectivity index (χ1) is 16.7. The first-order valence-electron chi connectivity index (χ1n) is 11.6. The van der Waals surface area contributed by atoms with E-state index in [1.807, 2.05) is 44.2 Å². The Morgan fingerprint density at radius 2 is 1.63 bits per heavy atom. The van der Waals surface area contributed by atoms with Gasteiger partial charge in [-0.3, -0.25) is 19.3 Å². The zero-order valence-electron chi connectivity index (χ0n) is 19.8. The van der Waals surface area contributed by atoms with E-state index in [4.69, 9.17) is 23.2 Å². The molecule has 0 saturated carbocycles. The predicted octanol–water partition coefficient (Wildman–Crippen LogP) is 5.44. The van der Waals surface area contributed by atoms with Crippen LogP contribution in [-0.4, -0.2) is 41.2 Å². The maximum absolute atomic E-state index is 13.7. The number of nitrogens with zero attached hydrogens (tertiary/aromatic N) is 2. The van der Waals surface area contributed by atoms with Gasteiger partial charge < -0.3 is 10.2 Å². The Bertz CT molecular complexity index is 1280. The summed E-state index contributed by atoms with van der Waals surface area (Å²) in [4.78, 5) is 42.8. The van der Waals surface area contributed by atoms with E-state index in [2.05, 4.69) is 5.32 Å². The van der Waals surface area contributed by atoms with Gasteiger partial charge in [-0.05, 0) is 49.9 Å². The highest BCUT2D eigenvalue weighted by Gasteiger charge is 2.34. The Morgan fingerprint density at radius 3 is 2.29 bits per heavy atom. The van der Waals surface area contributed by atoms with Crippen LogP contribution in [-0.2, 0) is 16.1 Å². The highest BCUT2D eigenvalue weighted by Crippen LogP contribution is 2.37. The number of nitrogens with one attached hydrogen (secondary N) is 1. The van der Waals surface area contributed by atoms with E-state index in [9.17, 15) is 14.4 Å². The van der Waals surface area contributed by atoms with Crippen LogP contribution in [0.2, 0.25) is 10.0 Å². The van der Waals surface area contributed by atoms with Crippen LogP contribution in [0.5, 0.6) is 0 Å². The molecule has 4 rings (SSSR count). The third-order valence-electron chi connectivity index (χ3n) is 6.50. The maximum Gasteiger partial charge on any atom is 0.259 e. The predicted molar refractivity (Wildman–Crippen MR) is 140 cm³/mol. The van der Waals surface area contributed by atoms with Crippen LogP contribution in [0.1, 0.15) is 43.1 Å². The van der Waals surface area contributed by atoms with Gasteiger partial charge in [0.25, 0.3) is 5.91 Å². The van der Waals surface area contributed by atoms with Crippen LogP contribution in [0.15, 0.2) is 54.6 Å². The number of carbonyl (C=O) groups excluding carboxylic acids is 3. The number of halogens is 2. The molecular formula is C27H27Cl2N3O3. The number of carbonyl (C=O) groups is 3. The summed E-state index contributed by atoms with van der Waals surface area (Å²) in [6.07, 6.45) is 0.757. The minimum atomic E-state index is -0.806. The van der Waals surface area contributed by atoms with Gasteiger partial charge in [-0.15, -0.1) is 0 Å². The van der Waals surface area contributed by atoms with E-state index >= 15 is 0 Å². The fourth-order valence-electron chi connectivity index (χ4n) is 4.26. The molecule has 3 aromatic carbocycles. The molecule has 1 N–H and O–H groups in total. The van der Waals surface area contributed by atoms with E-state index in [-0.39, 0.29) is 36.9 Å². The average Bonchev–Trinajstić information content (AvgIpc) is 3.11. The van der Waals surface area contributed by atoms with Crippen LogP contribution in [0.25, 0.3) is 10.8 Å². The molecule has 0 aliphatic carbocycles. The van der Waals surface area contributed by atoms with Gasteiger partial charge in [0.15, 0.2) is 0 Å². The van der Waals surface area contributed by atoms with Crippen molar-refractivity contribution in [2.75, 3.05) is 11.4 Å². The third-order valence-corrected chi connectivity index (χ3v) is 7.21. The molecule has 8 heteroatoms. The van der Waals surface area contributed by atoms with E-state index in [1.165, 1.54) is 9.80 Å². The lowest BCUT2D eigenvalue weighted by molar-refractivity contribution is -0.139. The third kappa shape index (κ3) is 4.86.